The molecule has 114 valence electrons. The molecule has 0 bridgehead atoms. The molecule has 4 nitrogen and oxygen atoms in total. The van der Waals surface area contributed by atoms with E-state index < -0.39 is 12.5 Å². The number of alkyl halides is 3. The molecular formula is C13H12ClF3N2O2. The highest BCUT2D eigenvalue weighted by molar-refractivity contribution is 6.31. The number of aliphatic hydroxyl groups is 1. The lowest BCUT2D eigenvalue weighted by Gasteiger charge is -2.14. The summed E-state index contributed by atoms with van der Waals surface area (Å²) in [4.78, 5) is 0. The van der Waals surface area contributed by atoms with Crippen LogP contribution in [0.5, 0.6) is 5.75 Å². The largest absolute Gasteiger partial charge is 0.573 e. The van der Waals surface area contributed by atoms with Crippen molar-refractivity contribution in [3.8, 4) is 5.75 Å². The molecule has 0 radical (unpaired) electrons. The Labute approximate surface area is 123 Å². The lowest BCUT2D eigenvalue weighted by Crippen LogP contribution is -2.17. The molecule has 0 spiro atoms. The number of aryl methyl sites for hydroxylation is 1. The molecule has 0 amide bonds. The summed E-state index contributed by atoms with van der Waals surface area (Å²) < 4.78 is 41.5. The van der Waals surface area contributed by atoms with Crippen LogP contribution in [0.1, 0.15) is 24.3 Å². The molecule has 0 saturated carbocycles. The normalized spacial score (nSPS) is 13.2. The molecule has 0 aliphatic rings. The van der Waals surface area contributed by atoms with Gasteiger partial charge in [0.25, 0.3) is 0 Å². The van der Waals surface area contributed by atoms with E-state index in [4.69, 9.17) is 11.6 Å². The zero-order chi connectivity index (χ0) is 15.6. The number of aromatic nitrogens is 2. The van der Waals surface area contributed by atoms with Crippen LogP contribution in [0.2, 0.25) is 5.02 Å². The average Bonchev–Trinajstić information content (AvgIpc) is 2.78. The van der Waals surface area contributed by atoms with Crippen molar-refractivity contribution in [1.29, 1.82) is 0 Å². The summed E-state index contributed by atoms with van der Waals surface area (Å²) in [6, 6.07) is 4.95. The second-order valence-electron chi connectivity index (χ2n) is 4.21. The van der Waals surface area contributed by atoms with Crippen LogP contribution in [-0.2, 0) is 6.54 Å². The van der Waals surface area contributed by atoms with Crippen LogP contribution in [0.25, 0.3) is 0 Å². The van der Waals surface area contributed by atoms with Crippen LogP contribution >= 0.6 is 11.6 Å². The molecule has 1 unspecified atom stereocenters. The second-order valence-corrected chi connectivity index (χ2v) is 4.62. The fraction of sp³-hybridized carbons (Fsp3) is 0.308. The van der Waals surface area contributed by atoms with Gasteiger partial charge in [-0.25, -0.2) is 0 Å². The van der Waals surface area contributed by atoms with Gasteiger partial charge in [-0.2, -0.15) is 5.10 Å². The zero-order valence-corrected chi connectivity index (χ0v) is 11.7. The Hall–Kier alpha value is -1.73. The molecule has 0 aliphatic heterocycles. The number of benzene rings is 1. The van der Waals surface area contributed by atoms with Crippen molar-refractivity contribution in [2.75, 3.05) is 0 Å². The minimum absolute atomic E-state index is 0.292. The van der Waals surface area contributed by atoms with Crippen LogP contribution in [0.15, 0.2) is 30.5 Å². The Bertz CT molecular complexity index is 611. The first-order chi connectivity index (χ1) is 9.81. The third kappa shape index (κ3) is 3.68. The molecule has 1 aromatic heterocycles. The van der Waals surface area contributed by atoms with E-state index in [1.54, 1.807) is 0 Å². The van der Waals surface area contributed by atoms with Crippen molar-refractivity contribution in [2.24, 2.45) is 0 Å². The first-order valence-corrected chi connectivity index (χ1v) is 6.44. The Kier molecular flexibility index (Phi) is 4.43. The Morgan fingerprint density at radius 1 is 1.33 bits per heavy atom. The van der Waals surface area contributed by atoms with E-state index in [1.807, 2.05) is 6.92 Å². The van der Waals surface area contributed by atoms with Gasteiger partial charge in [0.1, 0.15) is 11.9 Å². The summed E-state index contributed by atoms with van der Waals surface area (Å²) in [5.41, 5.74) is 0.783. The fourth-order valence-corrected chi connectivity index (χ4v) is 2.15. The molecule has 1 aromatic carbocycles. The van der Waals surface area contributed by atoms with Gasteiger partial charge in [-0.3, -0.25) is 4.68 Å². The van der Waals surface area contributed by atoms with Crippen molar-refractivity contribution in [3.63, 3.8) is 0 Å². The van der Waals surface area contributed by atoms with E-state index in [0.29, 0.717) is 22.8 Å². The summed E-state index contributed by atoms with van der Waals surface area (Å²) in [6.45, 7) is 2.34. The highest BCUT2D eigenvalue weighted by Gasteiger charge is 2.31. The topological polar surface area (TPSA) is 47.3 Å². The van der Waals surface area contributed by atoms with E-state index >= 15 is 0 Å². The third-order valence-corrected chi connectivity index (χ3v) is 3.11. The van der Waals surface area contributed by atoms with Crippen molar-refractivity contribution in [3.05, 3.63) is 46.7 Å². The highest BCUT2D eigenvalue weighted by atomic mass is 35.5. The Balaban J connectivity index is 2.24. The van der Waals surface area contributed by atoms with Gasteiger partial charge in [-0.05, 0) is 24.6 Å². The number of nitrogens with zero attached hydrogens (tertiary/aromatic N) is 2. The molecular weight excluding hydrogens is 309 g/mol. The minimum atomic E-state index is -4.75. The van der Waals surface area contributed by atoms with Gasteiger partial charge in [0.15, 0.2) is 0 Å². The number of aliphatic hydroxyl groups excluding tert-OH is 1. The first kappa shape index (κ1) is 15.7. The number of ether oxygens (including phenoxy) is 1. The van der Waals surface area contributed by atoms with Gasteiger partial charge in [0.2, 0.25) is 0 Å². The quantitative estimate of drug-likeness (QED) is 0.937. The number of rotatable bonds is 4. The fourth-order valence-electron chi connectivity index (χ4n) is 1.91. The van der Waals surface area contributed by atoms with Crippen LogP contribution in [0.3, 0.4) is 0 Å². The molecule has 0 aliphatic carbocycles. The molecule has 21 heavy (non-hydrogen) atoms. The van der Waals surface area contributed by atoms with E-state index in [9.17, 15) is 18.3 Å². The first-order valence-electron chi connectivity index (χ1n) is 6.06. The zero-order valence-electron chi connectivity index (χ0n) is 10.9. The molecule has 0 fully saturated rings. The third-order valence-electron chi connectivity index (χ3n) is 2.82. The average molecular weight is 321 g/mol. The molecule has 2 aromatic rings. The van der Waals surface area contributed by atoms with Crippen molar-refractivity contribution in [2.45, 2.75) is 25.9 Å². The van der Waals surface area contributed by atoms with Gasteiger partial charge >= 0.3 is 6.36 Å². The van der Waals surface area contributed by atoms with Crippen molar-refractivity contribution < 1.29 is 23.0 Å². The lowest BCUT2D eigenvalue weighted by molar-refractivity contribution is -0.274. The number of hydrogen-bond donors (Lipinski definition) is 1. The summed E-state index contributed by atoms with van der Waals surface area (Å²) in [5.74, 6) is -0.353. The van der Waals surface area contributed by atoms with E-state index in [2.05, 4.69) is 9.84 Å². The Morgan fingerprint density at radius 3 is 2.48 bits per heavy atom. The smallest absolute Gasteiger partial charge is 0.406 e. The van der Waals surface area contributed by atoms with Gasteiger partial charge < -0.3 is 9.84 Å². The van der Waals surface area contributed by atoms with Gasteiger partial charge in [0, 0.05) is 6.54 Å². The summed E-state index contributed by atoms with van der Waals surface area (Å²) in [7, 11) is 0. The Morgan fingerprint density at radius 2 is 1.95 bits per heavy atom. The van der Waals surface area contributed by atoms with Gasteiger partial charge in [0.05, 0.1) is 16.9 Å². The van der Waals surface area contributed by atoms with Crippen LogP contribution in [-0.4, -0.2) is 21.2 Å². The summed E-state index contributed by atoms with van der Waals surface area (Å²) in [6.07, 6.45) is -4.42. The molecule has 0 saturated heterocycles. The summed E-state index contributed by atoms with van der Waals surface area (Å²) >= 11 is 5.97. The van der Waals surface area contributed by atoms with Gasteiger partial charge in [-0.15, -0.1) is 13.2 Å². The minimum Gasteiger partial charge on any atom is -0.406 e. The SMILES string of the molecule is CCn1ncc(Cl)c1C(O)c1ccc(OC(F)(F)F)cc1. The van der Waals surface area contributed by atoms with Crippen LogP contribution in [0, 0.1) is 0 Å². The molecule has 1 heterocycles. The number of hydrogen-bond acceptors (Lipinski definition) is 3. The predicted molar refractivity (Wildman–Crippen MR) is 70.1 cm³/mol. The molecule has 8 heteroatoms. The van der Waals surface area contributed by atoms with Crippen LogP contribution in [0.4, 0.5) is 13.2 Å². The van der Waals surface area contributed by atoms with E-state index in [1.165, 1.54) is 23.0 Å². The van der Waals surface area contributed by atoms with E-state index in [-0.39, 0.29) is 5.75 Å². The van der Waals surface area contributed by atoms with Gasteiger partial charge in [-0.1, -0.05) is 23.7 Å². The number of halogens is 4. The van der Waals surface area contributed by atoms with E-state index in [0.717, 1.165) is 12.1 Å². The lowest BCUT2D eigenvalue weighted by atomic mass is 10.1. The monoisotopic (exact) mass is 320 g/mol. The molecule has 1 atom stereocenters. The highest BCUT2D eigenvalue weighted by Crippen LogP contribution is 2.30. The standard InChI is InChI=1S/C13H12ClF3N2O2/c1-2-19-11(10(14)7-18-19)12(20)8-3-5-9(6-4-8)21-13(15,16)17/h3-7,12,20H,2H2,1H3. The maximum atomic E-state index is 12.1. The van der Waals surface area contributed by atoms with Crippen molar-refractivity contribution in [1.82, 2.24) is 9.78 Å². The van der Waals surface area contributed by atoms with Crippen LogP contribution < -0.4 is 4.74 Å². The maximum absolute atomic E-state index is 12.1. The summed E-state index contributed by atoms with van der Waals surface area (Å²) in [5, 5.41) is 14.6. The molecule has 1 N–H and O–H groups in total. The predicted octanol–water partition coefficient (Wildman–Crippen LogP) is 3.54. The maximum Gasteiger partial charge on any atom is 0.573 e. The van der Waals surface area contributed by atoms with Crippen molar-refractivity contribution >= 4 is 11.6 Å². The molecule has 2 rings (SSSR count). The second kappa shape index (κ2) is 5.95.